The number of nitro groups is 1. The van der Waals surface area contributed by atoms with Crippen molar-refractivity contribution in [3.05, 3.63) is 32.2 Å². The first-order chi connectivity index (χ1) is 7.15. The van der Waals surface area contributed by atoms with Gasteiger partial charge in [0.1, 0.15) is 11.6 Å². The Balaban J connectivity index is 2.89. The number of aromatic nitrogens is 4. The van der Waals surface area contributed by atoms with E-state index < -0.39 is 16.3 Å². The average Bonchev–Trinajstić information content (AvgIpc) is 2.61. The van der Waals surface area contributed by atoms with Gasteiger partial charge in [0.15, 0.2) is 0 Å². The van der Waals surface area contributed by atoms with Crippen LogP contribution in [-0.4, -0.2) is 24.7 Å². The molecule has 0 saturated heterocycles. The highest BCUT2D eigenvalue weighted by atomic mass is 16.6. The fraction of sp³-hybridized carbons (Fsp3) is 0. The van der Waals surface area contributed by atoms with Crippen LogP contribution in [0.1, 0.15) is 5.56 Å². The van der Waals surface area contributed by atoms with Crippen molar-refractivity contribution in [3.63, 3.8) is 0 Å². The summed E-state index contributed by atoms with van der Waals surface area (Å²) in [6, 6.07) is 1.76. The molecule has 0 fully saturated rings. The van der Waals surface area contributed by atoms with Crippen molar-refractivity contribution in [2.24, 2.45) is 0 Å². The molecule has 0 amide bonds. The summed E-state index contributed by atoms with van der Waals surface area (Å²) in [7, 11) is 0. The van der Waals surface area contributed by atoms with E-state index in [9.17, 15) is 14.9 Å². The van der Waals surface area contributed by atoms with Crippen LogP contribution in [0.25, 0.3) is 5.65 Å². The number of hydrogen-bond acceptors (Lipinski definition) is 6. The van der Waals surface area contributed by atoms with Crippen molar-refractivity contribution >= 4 is 11.5 Å². The summed E-state index contributed by atoms with van der Waals surface area (Å²) in [4.78, 5) is 20.8. The van der Waals surface area contributed by atoms with Gasteiger partial charge in [-0.15, -0.1) is 0 Å². The van der Waals surface area contributed by atoms with Crippen molar-refractivity contribution < 1.29 is 4.92 Å². The Hall–Kier alpha value is -2.76. The Bertz CT molecular complexity index is 647. The molecule has 0 spiro atoms. The molecule has 15 heavy (non-hydrogen) atoms. The lowest BCUT2D eigenvalue weighted by atomic mass is 10.4. The van der Waals surface area contributed by atoms with Gasteiger partial charge in [-0.25, -0.2) is 0 Å². The van der Waals surface area contributed by atoms with Gasteiger partial charge in [0.05, 0.1) is 5.10 Å². The maximum absolute atomic E-state index is 11.4. The zero-order chi connectivity index (χ0) is 11.0. The molecule has 1 N–H and O–H groups in total. The third-order valence-electron chi connectivity index (χ3n) is 1.72. The smallest absolute Gasteiger partial charge is 0.358 e. The number of nitriles is 1. The van der Waals surface area contributed by atoms with Gasteiger partial charge < -0.3 is 10.1 Å². The Labute approximate surface area is 80.7 Å². The average molecular weight is 206 g/mol. The molecular formula is C6H2N6O3. The minimum atomic E-state index is -0.952. The molecule has 2 aromatic rings. The first kappa shape index (κ1) is 8.82. The van der Waals surface area contributed by atoms with Gasteiger partial charge in [-0.3, -0.25) is 9.89 Å². The number of nitrogens with zero attached hydrogens (tertiary/aromatic N) is 5. The third kappa shape index (κ3) is 1.12. The van der Waals surface area contributed by atoms with Crippen LogP contribution in [-0.2, 0) is 0 Å². The molecule has 2 aromatic heterocycles. The fourth-order valence-electron chi connectivity index (χ4n) is 1.06. The summed E-state index contributed by atoms with van der Waals surface area (Å²) in [6.45, 7) is 0. The van der Waals surface area contributed by atoms with Crippen LogP contribution in [0.4, 0.5) is 5.82 Å². The molecule has 0 atom stereocenters. The van der Waals surface area contributed by atoms with E-state index in [1.54, 1.807) is 6.07 Å². The molecule has 9 heteroatoms. The van der Waals surface area contributed by atoms with E-state index >= 15 is 0 Å². The van der Waals surface area contributed by atoms with Crippen molar-refractivity contribution in [1.29, 1.82) is 5.26 Å². The van der Waals surface area contributed by atoms with Gasteiger partial charge in [-0.1, -0.05) is 0 Å². The van der Waals surface area contributed by atoms with E-state index in [4.69, 9.17) is 5.26 Å². The molecule has 0 radical (unpaired) electrons. The van der Waals surface area contributed by atoms with Gasteiger partial charge >= 0.3 is 11.4 Å². The maximum atomic E-state index is 11.4. The summed E-state index contributed by atoms with van der Waals surface area (Å²) < 4.78 is 0.795. The van der Waals surface area contributed by atoms with Gasteiger partial charge in [0.25, 0.3) is 0 Å². The lowest BCUT2D eigenvalue weighted by molar-refractivity contribution is -0.391. The van der Waals surface area contributed by atoms with Gasteiger partial charge in [0.2, 0.25) is 5.65 Å². The number of hydrogen-bond donors (Lipinski definition) is 1. The summed E-state index contributed by atoms with van der Waals surface area (Å²) in [5.74, 6) is -0.890. The summed E-state index contributed by atoms with van der Waals surface area (Å²) in [5, 5.41) is 27.9. The molecule has 0 saturated carbocycles. The van der Waals surface area contributed by atoms with Crippen LogP contribution in [0.3, 0.4) is 0 Å². The van der Waals surface area contributed by atoms with Crippen molar-refractivity contribution in [3.8, 4) is 6.07 Å². The Morgan fingerprint density at radius 2 is 2.33 bits per heavy atom. The highest BCUT2D eigenvalue weighted by Gasteiger charge is 2.20. The molecule has 0 aliphatic rings. The number of fused-ring (bicyclic) bond motifs is 1. The monoisotopic (exact) mass is 206 g/mol. The first-order valence-corrected chi connectivity index (χ1v) is 3.66. The summed E-state index contributed by atoms with van der Waals surface area (Å²) >= 11 is 0. The summed E-state index contributed by atoms with van der Waals surface area (Å²) in [6.07, 6.45) is 1.22. The molecule has 0 aliphatic carbocycles. The third-order valence-corrected chi connectivity index (χ3v) is 1.72. The van der Waals surface area contributed by atoms with Gasteiger partial charge in [0, 0.05) is 6.20 Å². The Kier molecular flexibility index (Phi) is 1.69. The zero-order valence-electron chi connectivity index (χ0n) is 7.04. The van der Waals surface area contributed by atoms with E-state index in [0.29, 0.717) is 0 Å². The topological polar surface area (TPSA) is 130 Å². The SMILES string of the molecule is N#Cc1c[nH]n2c(=O)c([N+](=O)[O-])nnc12. The zero-order valence-corrected chi connectivity index (χ0v) is 7.04. The maximum Gasteiger partial charge on any atom is 0.458 e. The van der Waals surface area contributed by atoms with E-state index in [-0.39, 0.29) is 11.2 Å². The van der Waals surface area contributed by atoms with E-state index in [1.807, 2.05) is 0 Å². The summed E-state index contributed by atoms with van der Waals surface area (Å²) in [5.41, 5.74) is -0.894. The predicted molar refractivity (Wildman–Crippen MR) is 45.0 cm³/mol. The molecule has 0 aromatic carbocycles. The predicted octanol–water partition coefficient (Wildman–Crippen LogP) is -0.803. The second-order valence-electron chi connectivity index (χ2n) is 2.54. The van der Waals surface area contributed by atoms with Crippen LogP contribution < -0.4 is 5.56 Å². The van der Waals surface area contributed by atoms with Crippen molar-refractivity contribution in [2.75, 3.05) is 0 Å². The van der Waals surface area contributed by atoms with E-state index in [2.05, 4.69) is 15.3 Å². The lowest BCUT2D eigenvalue weighted by Crippen LogP contribution is -2.20. The molecule has 0 aliphatic heterocycles. The number of nitrogens with one attached hydrogen (secondary N) is 1. The minimum Gasteiger partial charge on any atom is -0.358 e. The van der Waals surface area contributed by atoms with Crippen LogP contribution in [0.2, 0.25) is 0 Å². The first-order valence-electron chi connectivity index (χ1n) is 3.66. The molecule has 0 bridgehead atoms. The largest absolute Gasteiger partial charge is 0.458 e. The Morgan fingerprint density at radius 1 is 1.60 bits per heavy atom. The van der Waals surface area contributed by atoms with Crippen LogP contribution in [0.5, 0.6) is 0 Å². The van der Waals surface area contributed by atoms with E-state index in [1.165, 1.54) is 6.20 Å². The molecule has 2 rings (SSSR count). The number of rotatable bonds is 1. The molecular weight excluding hydrogens is 204 g/mol. The lowest BCUT2D eigenvalue weighted by Gasteiger charge is -1.90. The minimum absolute atomic E-state index is 0.0342. The van der Waals surface area contributed by atoms with Gasteiger partial charge in [-0.05, 0) is 10.0 Å². The second kappa shape index (κ2) is 2.88. The van der Waals surface area contributed by atoms with Crippen molar-refractivity contribution in [1.82, 2.24) is 19.8 Å². The molecule has 2 heterocycles. The second-order valence-corrected chi connectivity index (χ2v) is 2.54. The molecule has 74 valence electrons. The normalized spacial score (nSPS) is 10.1. The highest BCUT2D eigenvalue weighted by molar-refractivity contribution is 5.53. The standard InChI is InChI=1S/C6H2N6O3/c7-1-3-2-8-11-4(3)9-10-5(6(11)13)12(14)15/h2,8H. The highest BCUT2D eigenvalue weighted by Crippen LogP contribution is 2.04. The Morgan fingerprint density at radius 3 is 2.93 bits per heavy atom. The van der Waals surface area contributed by atoms with Crippen LogP contribution in [0.15, 0.2) is 11.0 Å². The van der Waals surface area contributed by atoms with Crippen LogP contribution >= 0.6 is 0 Å². The van der Waals surface area contributed by atoms with Crippen molar-refractivity contribution in [2.45, 2.75) is 0 Å². The molecule has 0 unspecified atom stereocenters. The van der Waals surface area contributed by atoms with E-state index in [0.717, 1.165) is 4.52 Å². The van der Waals surface area contributed by atoms with Crippen LogP contribution in [0, 0.1) is 21.4 Å². The number of H-pyrrole nitrogens is 1. The fourth-order valence-corrected chi connectivity index (χ4v) is 1.06. The van der Waals surface area contributed by atoms with Gasteiger partial charge in [-0.2, -0.15) is 9.78 Å². The molecule has 9 nitrogen and oxygen atoms in total. The number of aromatic amines is 1. The quantitative estimate of drug-likeness (QED) is 0.480.